The van der Waals surface area contributed by atoms with E-state index in [4.69, 9.17) is 9.47 Å². The summed E-state index contributed by atoms with van der Waals surface area (Å²) < 4.78 is 13.9. The smallest absolute Gasteiger partial charge is 0.426 e. The molecule has 2 aromatic rings. The van der Waals surface area contributed by atoms with Gasteiger partial charge in [0.25, 0.3) is 0 Å². The first kappa shape index (κ1) is 44.2. The van der Waals surface area contributed by atoms with E-state index >= 15 is 0 Å². The molecule has 4 unspecified atom stereocenters. The number of nitrogens with zero attached hydrogens (tertiary/aromatic N) is 4. The molecule has 4 rings (SSSR count). The molecule has 2 aliphatic carbocycles. The van der Waals surface area contributed by atoms with Gasteiger partial charge in [-0.1, -0.05) is 78.4 Å². The summed E-state index contributed by atoms with van der Waals surface area (Å²) in [6.07, 6.45) is 25.7. The van der Waals surface area contributed by atoms with E-state index in [9.17, 15) is 4.79 Å². The van der Waals surface area contributed by atoms with Crippen molar-refractivity contribution in [3.05, 3.63) is 60.2 Å². The van der Waals surface area contributed by atoms with Crippen molar-refractivity contribution in [3.63, 3.8) is 0 Å². The highest BCUT2D eigenvalue weighted by Gasteiger charge is 2.51. The van der Waals surface area contributed by atoms with Crippen molar-refractivity contribution in [1.29, 1.82) is 0 Å². The van der Waals surface area contributed by atoms with Crippen molar-refractivity contribution in [2.45, 2.75) is 167 Å². The molecule has 50 heavy (non-hydrogen) atoms. The normalized spacial score (nSPS) is 23.6. The number of hydrogen-bond donors (Lipinski definition) is 0. The van der Waals surface area contributed by atoms with Gasteiger partial charge in [0.2, 0.25) is 0 Å². The monoisotopic (exact) mass is 734 g/mol. The Hall–Kier alpha value is -1.93. The molecule has 2 heterocycles. The Labute approximate surface area is 316 Å². The van der Waals surface area contributed by atoms with E-state index in [1.54, 1.807) is 0 Å². The number of ether oxygens (including phenoxy) is 2. The zero-order valence-electron chi connectivity index (χ0n) is 31.7. The molecule has 0 radical (unpaired) electrons. The number of unbranched alkanes of at least 4 members (excludes halogenated alkanes) is 4. The topological polar surface area (TPSA) is 67.8 Å². The second kappa shape index (κ2) is 23.6. The van der Waals surface area contributed by atoms with Gasteiger partial charge in [-0.15, -0.1) is 24.8 Å². The van der Waals surface area contributed by atoms with E-state index in [2.05, 4.69) is 59.6 Å². The van der Waals surface area contributed by atoms with Gasteiger partial charge in [-0.25, -0.2) is 4.79 Å². The van der Waals surface area contributed by atoms with Crippen molar-refractivity contribution < 1.29 is 14.3 Å². The van der Waals surface area contributed by atoms with Gasteiger partial charge in [-0.3, -0.25) is 19.8 Å². The second-order valence-corrected chi connectivity index (χ2v) is 14.7. The first-order valence-corrected chi connectivity index (χ1v) is 19.7. The highest BCUT2D eigenvalue weighted by molar-refractivity contribution is 5.85. The predicted molar refractivity (Wildman–Crippen MR) is 211 cm³/mol. The lowest BCUT2D eigenvalue weighted by molar-refractivity contribution is -0.147. The Morgan fingerprint density at radius 1 is 0.660 bits per heavy atom. The van der Waals surface area contributed by atoms with Gasteiger partial charge in [-0.2, -0.15) is 0 Å². The van der Waals surface area contributed by atoms with E-state index in [-0.39, 0.29) is 36.9 Å². The molecule has 0 saturated heterocycles. The number of rotatable bonds is 20. The van der Waals surface area contributed by atoms with Crippen LogP contribution in [0.25, 0.3) is 0 Å². The van der Waals surface area contributed by atoms with Gasteiger partial charge in [0.1, 0.15) is 11.2 Å². The van der Waals surface area contributed by atoms with Gasteiger partial charge < -0.3 is 9.47 Å². The van der Waals surface area contributed by atoms with Gasteiger partial charge >= 0.3 is 6.16 Å². The largest absolute Gasteiger partial charge is 0.509 e. The number of carbonyl (C=O) groups excluding carboxylic acids is 1. The van der Waals surface area contributed by atoms with E-state index in [0.29, 0.717) is 12.8 Å². The first-order valence-electron chi connectivity index (χ1n) is 19.7. The standard InChI is InChI=1S/C41H66N4O3.2ClH/c1-5-9-27-44(28-10-6-2)37-21-13-15-23-40(37,31-35-19-17-25-42-33-35)47-39(46)48-41(32-36-20-18-26-43-34-36)24-16-14-22-38(41)45(29-11-7-3)30-12-8-4;;/h17-20,25-26,33-34,37-38H,5-16,21-24,27-32H2,1-4H3;2*1H. The predicted octanol–water partition coefficient (Wildman–Crippen LogP) is 10.4. The number of carbonyl (C=O) groups is 1. The summed E-state index contributed by atoms with van der Waals surface area (Å²) >= 11 is 0. The number of hydrogen-bond acceptors (Lipinski definition) is 7. The van der Waals surface area contributed by atoms with Crippen LogP contribution in [0.15, 0.2) is 49.1 Å². The molecule has 0 aromatic carbocycles. The molecule has 2 saturated carbocycles. The van der Waals surface area contributed by atoms with Crippen LogP contribution in [0.5, 0.6) is 0 Å². The van der Waals surface area contributed by atoms with Crippen LogP contribution in [0, 0.1) is 0 Å². The fraction of sp³-hybridized carbons (Fsp3) is 0.732. The molecule has 7 nitrogen and oxygen atoms in total. The van der Waals surface area contributed by atoms with Crippen molar-refractivity contribution in [2.24, 2.45) is 0 Å². The molecular weight excluding hydrogens is 667 g/mol. The van der Waals surface area contributed by atoms with Crippen LogP contribution in [0.4, 0.5) is 4.79 Å². The average molecular weight is 736 g/mol. The Kier molecular flexibility index (Phi) is 20.9. The number of pyridine rings is 2. The molecule has 284 valence electrons. The third kappa shape index (κ3) is 12.6. The van der Waals surface area contributed by atoms with Crippen LogP contribution in [-0.4, -0.2) is 75.4 Å². The summed E-state index contributed by atoms with van der Waals surface area (Å²) in [4.78, 5) is 28.9. The van der Waals surface area contributed by atoms with Crippen LogP contribution in [0.2, 0.25) is 0 Å². The summed E-state index contributed by atoms with van der Waals surface area (Å²) in [6, 6.07) is 8.58. The van der Waals surface area contributed by atoms with Crippen molar-refractivity contribution in [3.8, 4) is 0 Å². The lowest BCUT2D eigenvalue weighted by Crippen LogP contribution is -2.61. The molecule has 0 amide bonds. The Morgan fingerprint density at radius 3 is 1.36 bits per heavy atom. The lowest BCUT2D eigenvalue weighted by atomic mass is 9.75. The minimum atomic E-state index is -0.663. The van der Waals surface area contributed by atoms with Crippen LogP contribution in [0.3, 0.4) is 0 Å². The highest BCUT2D eigenvalue weighted by Crippen LogP contribution is 2.42. The van der Waals surface area contributed by atoms with E-state index in [1.165, 1.54) is 0 Å². The highest BCUT2D eigenvalue weighted by atomic mass is 35.5. The van der Waals surface area contributed by atoms with E-state index < -0.39 is 17.4 Å². The van der Waals surface area contributed by atoms with Crippen LogP contribution in [-0.2, 0) is 22.3 Å². The molecule has 2 aliphatic rings. The van der Waals surface area contributed by atoms with Gasteiger partial charge in [0, 0.05) is 49.7 Å². The van der Waals surface area contributed by atoms with Crippen LogP contribution < -0.4 is 0 Å². The van der Waals surface area contributed by atoms with Crippen molar-refractivity contribution in [1.82, 2.24) is 19.8 Å². The summed E-state index contributed by atoms with van der Waals surface area (Å²) in [5, 5.41) is 0. The molecular formula is C41H68Cl2N4O3. The van der Waals surface area contributed by atoms with Crippen LogP contribution >= 0.6 is 24.8 Å². The quantitative estimate of drug-likeness (QED) is 0.125. The minimum Gasteiger partial charge on any atom is -0.426 e. The summed E-state index contributed by atoms with van der Waals surface area (Å²) in [6.45, 7) is 13.2. The molecule has 0 bridgehead atoms. The lowest BCUT2D eigenvalue weighted by Gasteiger charge is -2.51. The fourth-order valence-corrected chi connectivity index (χ4v) is 8.48. The molecule has 9 heteroatoms. The second-order valence-electron chi connectivity index (χ2n) is 14.7. The number of halogens is 2. The number of aromatic nitrogens is 2. The molecule has 2 fully saturated rings. The summed E-state index contributed by atoms with van der Waals surface area (Å²) in [7, 11) is 0. The van der Waals surface area contributed by atoms with E-state index in [0.717, 1.165) is 140 Å². The minimum absolute atomic E-state index is 0. The first-order chi connectivity index (χ1) is 23.5. The SMILES string of the molecule is CCCCN(CCCC)C1CCCCC1(Cc1cccnc1)OC(=O)OC1(Cc2cccnc2)CCCCC1N(CCCC)CCCC.Cl.Cl. The zero-order valence-corrected chi connectivity index (χ0v) is 33.3. The Balaban J connectivity index is 0.00000433. The van der Waals surface area contributed by atoms with Crippen LogP contribution in [0.1, 0.15) is 142 Å². The van der Waals surface area contributed by atoms with Gasteiger partial charge in [0.15, 0.2) is 0 Å². The zero-order chi connectivity index (χ0) is 34.1. The molecule has 0 N–H and O–H groups in total. The Morgan fingerprint density at radius 2 is 1.04 bits per heavy atom. The van der Waals surface area contributed by atoms with Crippen molar-refractivity contribution >= 4 is 31.0 Å². The fourth-order valence-electron chi connectivity index (χ4n) is 8.48. The third-order valence-corrected chi connectivity index (χ3v) is 11.0. The Bertz CT molecular complexity index is 1070. The van der Waals surface area contributed by atoms with Crippen molar-refractivity contribution in [2.75, 3.05) is 26.2 Å². The maximum absolute atomic E-state index is 14.7. The maximum atomic E-state index is 14.7. The average Bonchev–Trinajstić information content (AvgIpc) is 3.10. The summed E-state index contributed by atoms with van der Waals surface area (Å²) in [5.74, 6) is 0. The third-order valence-electron chi connectivity index (χ3n) is 11.0. The molecule has 0 aliphatic heterocycles. The summed E-state index contributed by atoms with van der Waals surface area (Å²) in [5.41, 5.74) is 0.913. The molecule has 4 atom stereocenters. The maximum Gasteiger partial charge on any atom is 0.509 e. The molecule has 0 spiro atoms. The van der Waals surface area contributed by atoms with E-state index in [1.807, 2.05) is 36.9 Å². The molecule has 2 aromatic heterocycles. The van der Waals surface area contributed by atoms with Gasteiger partial charge in [-0.05, 0) is 114 Å². The van der Waals surface area contributed by atoms with Gasteiger partial charge in [0.05, 0.1) is 0 Å².